The third kappa shape index (κ3) is 2.33. The van der Waals surface area contributed by atoms with Gasteiger partial charge in [-0.1, -0.05) is 0 Å². The molecule has 0 radical (unpaired) electrons. The zero-order valence-corrected chi connectivity index (χ0v) is 11.1. The van der Waals surface area contributed by atoms with Gasteiger partial charge in [0.25, 0.3) is 11.6 Å². The smallest absolute Gasteiger partial charge is 0.282 e. The van der Waals surface area contributed by atoms with Gasteiger partial charge in [-0.05, 0) is 49.1 Å². The van der Waals surface area contributed by atoms with Crippen molar-refractivity contribution in [3.05, 3.63) is 33.9 Å². The maximum atomic E-state index is 12.2. The number of nitro benzene ring substituents is 1. The van der Waals surface area contributed by atoms with Crippen molar-refractivity contribution in [1.29, 1.82) is 0 Å². The summed E-state index contributed by atoms with van der Waals surface area (Å²) in [5.41, 5.74) is 6.08. The van der Waals surface area contributed by atoms with Crippen molar-refractivity contribution >= 4 is 17.3 Å². The molecule has 3 N–H and O–H groups in total. The van der Waals surface area contributed by atoms with E-state index in [1.54, 1.807) is 0 Å². The average Bonchev–Trinajstić information content (AvgIpc) is 3.27. The number of amides is 1. The number of benzene rings is 1. The number of nitrogen functional groups attached to an aromatic ring is 1. The first kappa shape index (κ1) is 12.9. The molecule has 6 heteroatoms. The van der Waals surface area contributed by atoms with Crippen molar-refractivity contribution in [1.82, 2.24) is 5.32 Å². The van der Waals surface area contributed by atoms with Crippen LogP contribution in [0.15, 0.2) is 18.2 Å². The van der Waals surface area contributed by atoms with E-state index in [1.807, 2.05) is 0 Å². The Kier molecular flexibility index (Phi) is 2.88. The Morgan fingerprint density at radius 1 is 1.45 bits per heavy atom. The molecule has 0 saturated heterocycles. The minimum absolute atomic E-state index is 0.0431. The van der Waals surface area contributed by atoms with Gasteiger partial charge in [-0.2, -0.15) is 0 Å². The fraction of sp³-hybridized carbons (Fsp3) is 0.500. The second-order valence-electron chi connectivity index (χ2n) is 5.85. The Balaban J connectivity index is 1.73. The molecule has 3 rings (SSSR count). The molecule has 2 aliphatic rings. The molecule has 0 bridgehead atoms. The number of nitrogens with zero attached hydrogens (tertiary/aromatic N) is 1. The topological polar surface area (TPSA) is 98.3 Å². The van der Waals surface area contributed by atoms with Crippen LogP contribution in [0.1, 0.15) is 36.0 Å². The first-order valence-electron chi connectivity index (χ1n) is 6.84. The van der Waals surface area contributed by atoms with Crippen molar-refractivity contribution in [2.75, 3.05) is 12.3 Å². The zero-order valence-electron chi connectivity index (χ0n) is 11.1. The van der Waals surface area contributed by atoms with Crippen LogP contribution < -0.4 is 11.1 Å². The van der Waals surface area contributed by atoms with Crippen LogP contribution in [0, 0.1) is 21.4 Å². The molecule has 1 amide bonds. The quantitative estimate of drug-likeness (QED) is 0.488. The van der Waals surface area contributed by atoms with Crippen LogP contribution in [0.25, 0.3) is 0 Å². The average molecular weight is 275 g/mol. The molecular formula is C14H17N3O3. The number of nitrogens with two attached hydrogens (primary N) is 1. The Labute approximate surface area is 116 Å². The van der Waals surface area contributed by atoms with Crippen LogP contribution in [0.2, 0.25) is 0 Å². The number of nitro groups is 1. The number of hydrogen-bond acceptors (Lipinski definition) is 4. The molecule has 0 aromatic heterocycles. The molecule has 20 heavy (non-hydrogen) atoms. The number of anilines is 1. The van der Waals surface area contributed by atoms with Gasteiger partial charge >= 0.3 is 0 Å². The molecule has 106 valence electrons. The predicted octanol–water partition coefficient (Wildman–Crippen LogP) is 2.10. The summed E-state index contributed by atoms with van der Waals surface area (Å²) in [5.74, 6) is 0.328. The zero-order chi connectivity index (χ0) is 14.3. The number of rotatable bonds is 5. The highest BCUT2D eigenvalue weighted by atomic mass is 16.6. The van der Waals surface area contributed by atoms with Crippen molar-refractivity contribution in [2.45, 2.75) is 25.7 Å². The largest absolute Gasteiger partial charge is 0.399 e. The van der Waals surface area contributed by atoms with E-state index in [9.17, 15) is 14.9 Å². The molecule has 2 fully saturated rings. The summed E-state index contributed by atoms with van der Waals surface area (Å²) < 4.78 is 0. The van der Waals surface area contributed by atoms with E-state index >= 15 is 0 Å². The van der Waals surface area contributed by atoms with Crippen molar-refractivity contribution in [2.24, 2.45) is 11.3 Å². The van der Waals surface area contributed by atoms with E-state index in [0.29, 0.717) is 12.2 Å². The standard InChI is InChI=1S/C14H17N3O3/c15-10-3-4-12(17(19)20)11(7-10)13(18)16-8-14(5-6-14)9-1-2-9/h3-4,7,9H,1-2,5-6,8,15H2,(H,16,18). The van der Waals surface area contributed by atoms with E-state index in [4.69, 9.17) is 5.73 Å². The fourth-order valence-corrected chi connectivity index (χ4v) is 2.83. The second kappa shape index (κ2) is 4.47. The molecule has 0 unspecified atom stereocenters. The summed E-state index contributed by atoms with van der Waals surface area (Å²) in [6.07, 6.45) is 4.79. The summed E-state index contributed by atoms with van der Waals surface area (Å²) in [4.78, 5) is 22.6. The van der Waals surface area contributed by atoms with Gasteiger partial charge < -0.3 is 11.1 Å². The molecule has 2 aliphatic carbocycles. The maximum Gasteiger partial charge on any atom is 0.282 e. The molecule has 2 saturated carbocycles. The summed E-state index contributed by atoms with van der Waals surface area (Å²) in [7, 11) is 0. The van der Waals surface area contributed by atoms with Gasteiger partial charge in [-0.15, -0.1) is 0 Å². The lowest BCUT2D eigenvalue weighted by Gasteiger charge is -2.15. The van der Waals surface area contributed by atoms with Gasteiger partial charge in [-0.25, -0.2) is 0 Å². The lowest BCUT2D eigenvalue weighted by molar-refractivity contribution is -0.385. The minimum Gasteiger partial charge on any atom is -0.399 e. The second-order valence-corrected chi connectivity index (χ2v) is 5.85. The maximum absolute atomic E-state index is 12.2. The Morgan fingerprint density at radius 2 is 2.15 bits per heavy atom. The summed E-state index contributed by atoms with van der Waals surface area (Å²) in [6.45, 7) is 0.614. The van der Waals surface area contributed by atoms with Crippen LogP contribution in [0.5, 0.6) is 0 Å². The molecule has 1 aromatic rings. The van der Waals surface area contributed by atoms with Crippen molar-refractivity contribution in [3.63, 3.8) is 0 Å². The number of hydrogen-bond donors (Lipinski definition) is 2. The van der Waals surface area contributed by atoms with E-state index in [-0.39, 0.29) is 16.7 Å². The van der Waals surface area contributed by atoms with Crippen molar-refractivity contribution in [3.8, 4) is 0 Å². The van der Waals surface area contributed by atoms with E-state index in [0.717, 1.165) is 18.8 Å². The van der Waals surface area contributed by atoms with Crippen LogP contribution in [0.3, 0.4) is 0 Å². The summed E-state index contributed by atoms with van der Waals surface area (Å²) >= 11 is 0. The first-order valence-corrected chi connectivity index (χ1v) is 6.84. The molecule has 0 aliphatic heterocycles. The highest BCUT2D eigenvalue weighted by Gasteiger charge is 2.53. The Bertz CT molecular complexity index is 577. The number of carbonyl (C=O) groups excluding carboxylic acids is 1. The lowest BCUT2D eigenvalue weighted by atomic mass is 10.0. The molecule has 0 atom stereocenters. The highest BCUT2D eigenvalue weighted by Crippen LogP contribution is 2.60. The lowest BCUT2D eigenvalue weighted by Crippen LogP contribution is -2.31. The molecule has 1 aromatic carbocycles. The van der Waals surface area contributed by atoms with Gasteiger partial charge in [0.1, 0.15) is 5.56 Å². The minimum atomic E-state index is -0.553. The van der Waals surface area contributed by atoms with E-state index < -0.39 is 10.8 Å². The summed E-state index contributed by atoms with van der Waals surface area (Å²) in [5, 5.41) is 13.8. The number of nitrogens with one attached hydrogen (secondary N) is 1. The van der Waals surface area contributed by atoms with E-state index in [2.05, 4.69) is 5.32 Å². The van der Waals surface area contributed by atoms with Crippen LogP contribution in [-0.2, 0) is 0 Å². The van der Waals surface area contributed by atoms with Crippen LogP contribution in [0.4, 0.5) is 11.4 Å². The normalized spacial score (nSPS) is 19.4. The Hall–Kier alpha value is -2.11. The van der Waals surface area contributed by atoms with Gasteiger partial charge in [0.2, 0.25) is 0 Å². The van der Waals surface area contributed by atoms with E-state index in [1.165, 1.54) is 31.0 Å². The van der Waals surface area contributed by atoms with Crippen LogP contribution >= 0.6 is 0 Å². The fourth-order valence-electron chi connectivity index (χ4n) is 2.83. The first-order chi connectivity index (χ1) is 9.52. The van der Waals surface area contributed by atoms with Gasteiger partial charge in [0, 0.05) is 18.3 Å². The molecule has 0 heterocycles. The third-order valence-corrected chi connectivity index (χ3v) is 4.40. The molecule has 0 spiro atoms. The number of carbonyl (C=O) groups is 1. The van der Waals surface area contributed by atoms with Gasteiger partial charge in [0.05, 0.1) is 4.92 Å². The monoisotopic (exact) mass is 275 g/mol. The van der Waals surface area contributed by atoms with Crippen molar-refractivity contribution < 1.29 is 9.72 Å². The third-order valence-electron chi connectivity index (χ3n) is 4.40. The Morgan fingerprint density at radius 3 is 2.70 bits per heavy atom. The molecule has 6 nitrogen and oxygen atoms in total. The predicted molar refractivity (Wildman–Crippen MR) is 74.2 cm³/mol. The van der Waals surface area contributed by atoms with Gasteiger partial charge in [0.15, 0.2) is 0 Å². The highest BCUT2D eigenvalue weighted by molar-refractivity contribution is 5.99. The van der Waals surface area contributed by atoms with Gasteiger partial charge in [-0.3, -0.25) is 14.9 Å². The summed E-state index contributed by atoms with van der Waals surface area (Å²) in [6, 6.07) is 4.07. The SMILES string of the molecule is Nc1ccc([N+](=O)[O-])c(C(=O)NCC2(C3CC3)CC2)c1. The molecular weight excluding hydrogens is 258 g/mol. The van der Waals surface area contributed by atoms with Crippen LogP contribution in [-0.4, -0.2) is 17.4 Å².